The number of aliphatic carboxylic acids is 1. The van der Waals surface area contributed by atoms with Crippen LogP contribution in [0.4, 0.5) is 4.79 Å². The monoisotopic (exact) mass is 464 g/mol. The summed E-state index contributed by atoms with van der Waals surface area (Å²) in [6.45, 7) is 2.13. The summed E-state index contributed by atoms with van der Waals surface area (Å²) >= 11 is 0. The summed E-state index contributed by atoms with van der Waals surface area (Å²) in [4.78, 5) is 36.6. The number of alkyl carbamates (subject to hydrolysis) is 1. The number of rotatable bonds is 8. The first-order chi connectivity index (χ1) is 16.5. The standard InChI is InChI=1S/C27H32N2O5/c1-2-8-24(26(31)32)29-25(30)17-9-7-10-18(15-17)28-27(33)34-16-23-21-13-5-3-11-19(21)20-12-4-6-14-22(20)23/h3-6,11-14,17-18,23-24H,2,7-10,15-16H2,1H3,(H,28,33)(H,29,30)(H,31,32)/t17?,18?,24-/m1/s1. The molecule has 0 saturated heterocycles. The molecule has 2 aromatic rings. The van der Waals surface area contributed by atoms with Crippen molar-refractivity contribution >= 4 is 18.0 Å². The summed E-state index contributed by atoms with van der Waals surface area (Å²) < 4.78 is 5.64. The van der Waals surface area contributed by atoms with E-state index in [-0.39, 0.29) is 30.4 Å². The SMILES string of the molecule is CCC[C@@H](NC(=O)C1CCCC(NC(=O)OCC2c3ccccc3-c3ccccc32)C1)C(=O)O. The normalized spacial score (nSPS) is 20.0. The fourth-order valence-electron chi connectivity index (χ4n) is 5.20. The van der Waals surface area contributed by atoms with E-state index >= 15 is 0 Å². The van der Waals surface area contributed by atoms with E-state index in [2.05, 4.69) is 34.9 Å². The minimum Gasteiger partial charge on any atom is -0.480 e. The van der Waals surface area contributed by atoms with Crippen LogP contribution in [0, 0.1) is 5.92 Å². The van der Waals surface area contributed by atoms with Crippen LogP contribution in [0.15, 0.2) is 48.5 Å². The molecule has 0 bridgehead atoms. The lowest BCUT2D eigenvalue weighted by atomic mass is 9.85. The van der Waals surface area contributed by atoms with Gasteiger partial charge in [0.25, 0.3) is 0 Å². The van der Waals surface area contributed by atoms with E-state index in [0.29, 0.717) is 25.7 Å². The number of benzene rings is 2. The Bertz CT molecular complexity index is 1010. The first-order valence-corrected chi connectivity index (χ1v) is 12.1. The van der Waals surface area contributed by atoms with Crippen molar-refractivity contribution in [3.63, 3.8) is 0 Å². The molecule has 1 fully saturated rings. The van der Waals surface area contributed by atoms with Crippen LogP contribution in [-0.4, -0.2) is 41.8 Å². The van der Waals surface area contributed by atoms with Gasteiger partial charge in [0.15, 0.2) is 0 Å². The molecule has 3 atom stereocenters. The van der Waals surface area contributed by atoms with Crippen molar-refractivity contribution in [2.75, 3.05) is 6.61 Å². The Balaban J connectivity index is 1.31. The fraction of sp³-hybridized carbons (Fsp3) is 0.444. The van der Waals surface area contributed by atoms with Gasteiger partial charge in [0, 0.05) is 17.9 Å². The Hall–Kier alpha value is -3.35. The van der Waals surface area contributed by atoms with Crippen molar-refractivity contribution in [3.05, 3.63) is 59.7 Å². The van der Waals surface area contributed by atoms with Gasteiger partial charge in [0.1, 0.15) is 12.6 Å². The molecule has 0 aromatic heterocycles. The van der Waals surface area contributed by atoms with Crippen molar-refractivity contribution < 1.29 is 24.2 Å². The number of amides is 2. The van der Waals surface area contributed by atoms with Gasteiger partial charge in [-0.1, -0.05) is 68.3 Å². The highest BCUT2D eigenvalue weighted by atomic mass is 16.5. The molecule has 7 heteroatoms. The Morgan fingerprint density at radius 1 is 1.03 bits per heavy atom. The van der Waals surface area contributed by atoms with Gasteiger partial charge in [-0.05, 0) is 47.9 Å². The molecule has 2 amide bonds. The maximum absolute atomic E-state index is 12.6. The minimum absolute atomic E-state index is 0.00505. The number of carbonyl (C=O) groups is 3. The van der Waals surface area contributed by atoms with Crippen molar-refractivity contribution in [2.24, 2.45) is 5.92 Å². The second-order valence-corrected chi connectivity index (χ2v) is 9.22. The predicted octanol–water partition coefficient (Wildman–Crippen LogP) is 4.45. The Kier molecular flexibility index (Phi) is 7.50. The van der Waals surface area contributed by atoms with Crippen molar-refractivity contribution in [2.45, 2.75) is 63.5 Å². The van der Waals surface area contributed by atoms with Crippen LogP contribution >= 0.6 is 0 Å². The zero-order chi connectivity index (χ0) is 24.1. The third-order valence-corrected chi connectivity index (χ3v) is 6.90. The maximum Gasteiger partial charge on any atom is 0.407 e. The predicted molar refractivity (Wildman–Crippen MR) is 128 cm³/mol. The second kappa shape index (κ2) is 10.7. The van der Waals surface area contributed by atoms with Gasteiger partial charge < -0.3 is 20.5 Å². The molecule has 0 radical (unpaired) electrons. The van der Waals surface area contributed by atoms with Gasteiger partial charge in [-0.25, -0.2) is 9.59 Å². The van der Waals surface area contributed by atoms with Crippen LogP contribution in [0.1, 0.15) is 62.5 Å². The first kappa shape index (κ1) is 23.8. The van der Waals surface area contributed by atoms with E-state index in [1.807, 2.05) is 31.2 Å². The number of nitrogens with one attached hydrogen (secondary N) is 2. The summed E-state index contributed by atoms with van der Waals surface area (Å²) in [5.41, 5.74) is 4.67. The lowest BCUT2D eigenvalue weighted by Crippen LogP contribution is -2.47. The molecule has 4 rings (SSSR count). The van der Waals surface area contributed by atoms with E-state index in [4.69, 9.17) is 4.74 Å². The summed E-state index contributed by atoms with van der Waals surface area (Å²) in [6.07, 6.45) is 3.32. The van der Waals surface area contributed by atoms with Crippen molar-refractivity contribution in [3.8, 4) is 11.1 Å². The lowest BCUT2D eigenvalue weighted by molar-refractivity contribution is -0.142. The van der Waals surface area contributed by atoms with Crippen LogP contribution < -0.4 is 10.6 Å². The van der Waals surface area contributed by atoms with Crippen LogP contribution in [0.25, 0.3) is 11.1 Å². The van der Waals surface area contributed by atoms with Gasteiger partial charge in [0.05, 0.1) is 0 Å². The summed E-state index contributed by atoms with van der Waals surface area (Å²) in [7, 11) is 0. The number of carboxylic acids is 1. The molecule has 0 heterocycles. The van der Waals surface area contributed by atoms with Gasteiger partial charge in [-0.3, -0.25) is 4.79 Å². The highest BCUT2D eigenvalue weighted by molar-refractivity contribution is 5.85. The van der Waals surface area contributed by atoms with Crippen molar-refractivity contribution in [1.82, 2.24) is 10.6 Å². The van der Waals surface area contributed by atoms with Crippen LogP contribution in [0.5, 0.6) is 0 Å². The van der Waals surface area contributed by atoms with E-state index in [1.165, 1.54) is 11.1 Å². The number of carboxylic acid groups (broad SMARTS) is 1. The van der Waals surface area contributed by atoms with Gasteiger partial charge in [0.2, 0.25) is 5.91 Å². The molecule has 180 valence electrons. The number of fused-ring (bicyclic) bond motifs is 3. The summed E-state index contributed by atoms with van der Waals surface area (Å²) in [5.74, 6) is -1.58. The van der Waals surface area contributed by atoms with Crippen LogP contribution in [0.2, 0.25) is 0 Å². The molecule has 1 saturated carbocycles. The van der Waals surface area contributed by atoms with E-state index in [9.17, 15) is 19.5 Å². The molecule has 2 aliphatic rings. The Morgan fingerprint density at radius 3 is 2.29 bits per heavy atom. The third-order valence-electron chi connectivity index (χ3n) is 6.90. The first-order valence-electron chi connectivity index (χ1n) is 12.1. The second-order valence-electron chi connectivity index (χ2n) is 9.22. The molecule has 7 nitrogen and oxygen atoms in total. The number of carbonyl (C=O) groups excluding carboxylic acids is 2. The topological polar surface area (TPSA) is 105 Å². The zero-order valence-electron chi connectivity index (χ0n) is 19.5. The Labute approximate surface area is 199 Å². The Morgan fingerprint density at radius 2 is 1.68 bits per heavy atom. The highest BCUT2D eigenvalue weighted by Crippen LogP contribution is 2.44. The minimum atomic E-state index is -1.01. The van der Waals surface area contributed by atoms with Gasteiger partial charge in [-0.15, -0.1) is 0 Å². The molecule has 34 heavy (non-hydrogen) atoms. The van der Waals surface area contributed by atoms with Gasteiger partial charge >= 0.3 is 12.1 Å². The van der Waals surface area contributed by atoms with Gasteiger partial charge in [-0.2, -0.15) is 0 Å². The number of ether oxygens (including phenoxy) is 1. The summed E-state index contributed by atoms with van der Waals surface area (Å²) in [5, 5.41) is 14.9. The average molecular weight is 465 g/mol. The van der Waals surface area contributed by atoms with E-state index in [1.54, 1.807) is 0 Å². The van der Waals surface area contributed by atoms with E-state index < -0.39 is 18.1 Å². The molecular formula is C27H32N2O5. The van der Waals surface area contributed by atoms with Crippen molar-refractivity contribution in [1.29, 1.82) is 0 Å². The molecular weight excluding hydrogens is 432 g/mol. The van der Waals surface area contributed by atoms with Crippen LogP contribution in [-0.2, 0) is 14.3 Å². The highest BCUT2D eigenvalue weighted by Gasteiger charge is 2.32. The molecule has 2 aromatic carbocycles. The largest absolute Gasteiger partial charge is 0.480 e. The molecule has 0 aliphatic heterocycles. The van der Waals surface area contributed by atoms with E-state index in [0.717, 1.165) is 24.0 Å². The maximum atomic E-state index is 12.6. The fourth-order valence-corrected chi connectivity index (χ4v) is 5.20. The quantitative estimate of drug-likeness (QED) is 0.535. The molecule has 2 aliphatic carbocycles. The molecule has 0 spiro atoms. The number of hydrogen-bond acceptors (Lipinski definition) is 4. The number of hydrogen-bond donors (Lipinski definition) is 3. The molecule has 2 unspecified atom stereocenters. The zero-order valence-corrected chi connectivity index (χ0v) is 19.5. The smallest absolute Gasteiger partial charge is 0.407 e. The average Bonchev–Trinajstić information content (AvgIpc) is 3.16. The lowest BCUT2D eigenvalue weighted by Gasteiger charge is -2.29. The summed E-state index contributed by atoms with van der Waals surface area (Å²) in [6, 6.07) is 15.3. The molecule has 3 N–H and O–H groups in total. The van der Waals surface area contributed by atoms with Crippen LogP contribution in [0.3, 0.4) is 0 Å². The third kappa shape index (κ3) is 5.24.